The lowest BCUT2D eigenvalue weighted by Crippen LogP contribution is -2.03. The highest BCUT2D eigenvalue weighted by Gasteiger charge is 2.27. The number of nitrogens with zero attached hydrogens (tertiary/aromatic N) is 2. The van der Waals surface area contributed by atoms with Gasteiger partial charge in [-0.15, -0.1) is 0 Å². The van der Waals surface area contributed by atoms with E-state index in [9.17, 15) is 0 Å². The zero-order chi connectivity index (χ0) is 13.4. The third kappa shape index (κ3) is 2.79. The lowest BCUT2D eigenvalue weighted by Gasteiger charge is -2.10. The summed E-state index contributed by atoms with van der Waals surface area (Å²) in [5.41, 5.74) is 7.76. The molecule has 5 heteroatoms. The van der Waals surface area contributed by atoms with E-state index < -0.39 is 0 Å². The number of nitrogens with one attached hydrogen (secondary N) is 1. The average Bonchev–Trinajstić information content (AvgIpc) is 3.16. The molecule has 0 bridgehead atoms. The number of anilines is 3. The number of halogens is 1. The van der Waals surface area contributed by atoms with Crippen LogP contribution in [0.2, 0.25) is 5.02 Å². The number of nitrogens with two attached hydrogens (primary N) is 1. The van der Waals surface area contributed by atoms with Gasteiger partial charge in [0.25, 0.3) is 0 Å². The highest BCUT2D eigenvalue weighted by Crippen LogP contribution is 2.39. The fraction of sp³-hybridized carbons (Fsp3) is 0.286. The smallest absolute Gasteiger partial charge is 0.136 e. The molecule has 1 aromatic heterocycles. The van der Waals surface area contributed by atoms with E-state index in [0.29, 0.717) is 22.6 Å². The van der Waals surface area contributed by atoms with E-state index in [1.54, 1.807) is 6.07 Å². The molecule has 1 aromatic carbocycles. The zero-order valence-corrected chi connectivity index (χ0v) is 11.4. The molecule has 0 saturated heterocycles. The summed E-state index contributed by atoms with van der Waals surface area (Å²) in [5, 5.41) is 3.87. The van der Waals surface area contributed by atoms with E-state index in [1.165, 1.54) is 0 Å². The van der Waals surface area contributed by atoms with Crippen molar-refractivity contribution in [1.29, 1.82) is 0 Å². The van der Waals surface area contributed by atoms with E-state index in [2.05, 4.69) is 15.3 Å². The van der Waals surface area contributed by atoms with Gasteiger partial charge in [0.1, 0.15) is 17.5 Å². The van der Waals surface area contributed by atoms with Crippen LogP contribution in [-0.2, 0) is 0 Å². The molecular formula is C14H15ClN4. The Hall–Kier alpha value is -1.81. The average molecular weight is 275 g/mol. The summed E-state index contributed by atoms with van der Waals surface area (Å²) < 4.78 is 0. The second-order valence-electron chi connectivity index (χ2n) is 4.92. The summed E-state index contributed by atoms with van der Waals surface area (Å²) in [5.74, 6) is 2.48. The van der Waals surface area contributed by atoms with Crippen LogP contribution in [0, 0.1) is 6.92 Å². The molecule has 1 heterocycles. The largest absolute Gasteiger partial charge is 0.384 e. The van der Waals surface area contributed by atoms with Crippen molar-refractivity contribution in [1.82, 2.24) is 9.97 Å². The number of hydrogen-bond acceptors (Lipinski definition) is 4. The summed E-state index contributed by atoms with van der Waals surface area (Å²) in [7, 11) is 0. The summed E-state index contributed by atoms with van der Waals surface area (Å²) in [6.45, 7) is 2.00. The van der Waals surface area contributed by atoms with Crippen molar-refractivity contribution < 1.29 is 0 Å². The molecule has 1 aliphatic carbocycles. The molecule has 0 spiro atoms. The van der Waals surface area contributed by atoms with Gasteiger partial charge in [-0.1, -0.05) is 17.7 Å². The van der Waals surface area contributed by atoms with E-state index in [1.807, 2.05) is 25.1 Å². The normalized spacial score (nSPS) is 14.4. The van der Waals surface area contributed by atoms with Gasteiger partial charge in [0.05, 0.1) is 10.7 Å². The van der Waals surface area contributed by atoms with Gasteiger partial charge in [-0.05, 0) is 37.5 Å². The Bertz CT molecular complexity index is 623. The summed E-state index contributed by atoms with van der Waals surface area (Å²) in [4.78, 5) is 8.76. The molecule has 19 heavy (non-hydrogen) atoms. The van der Waals surface area contributed by atoms with Gasteiger partial charge in [0, 0.05) is 12.0 Å². The van der Waals surface area contributed by atoms with Crippen LogP contribution in [0.25, 0.3) is 0 Å². The van der Waals surface area contributed by atoms with Crippen molar-refractivity contribution in [2.24, 2.45) is 0 Å². The first-order valence-corrected chi connectivity index (χ1v) is 6.67. The first-order chi connectivity index (χ1) is 9.11. The number of hydrogen-bond donors (Lipinski definition) is 2. The first kappa shape index (κ1) is 12.2. The molecule has 1 saturated carbocycles. The fourth-order valence-corrected chi connectivity index (χ4v) is 2.22. The van der Waals surface area contributed by atoms with Crippen LogP contribution >= 0.6 is 11.6 Å². The molecule has 1 aliphatic rings. The number of nitrogen functional groups attached to an aromatic ring is 1. The predicted molar refractivity (Wildman–Crippen MR) is 77.9 cm³/mol. The highest BCUT2D eigenvalue weighted by atomic mass is 35.5. The SMILES string of the molecule is Cc1ccc(Nc2cc(N)nc(C3CC3)n2)c(Cl)c1. The summed E-state index contributed by atoms with van der Waals surface area (Å²) in [6.07, 6.45) is 2.29. The van der Waals surface area contributed by atoms with Crippen LogP contribution in [0.4, 0.5) is 17.3 Å². The Morgan fingerprint density at radius 2 is 2.05 bits per heavy atom. The van der Waals surface area contributed by atoms with E-state index in [-0.39, 0.29) is 0 Å². The summed E-state index contributed by atoms with van der Waals surface area (Å²) >= 11 is 6.20. The van der Waals surface area contributed by atoms with Crippen molar-refractivity contribution in [2.45, 2.75) is 25.7 Å². The van der Waals surface area contributed by atoms with Crippen LogP contribution in [-0.4, -0.2) is 9.97 Å². The Kier molecular flexibility index (Phi) is 3.03. The van der Waals surface area contributed by atoms with Crippen LogP contribution in [0.15, 0.2) is 24.3 Å². The third-order valence-electron chi connectivity index (χ3n) is 3.09. The van der Waals surface area contributed by atoms with Crippen LogP contribution < -0.4 is 11.1 Å². The molecule has 0 aliphatic heterocycles. The fourth-order valence-electron chi connectivity index (χ4n) is 1.93. The molecule has 1 fully saturated rings. The van der Waals surface area contributed by atoms with Crippen molar-refractivity contribution in [3.05, 3.63) is 40.7 Å². The lowest BCUT2D eigenvalue weighted by atomic mass is 10.2. The molecule has 0 atom stereocenters. The Morgan fingerprint density at radius 3 is 2.74 bits per heavy atom. The van der Waals surface area contributed by atoms with Crippen molar-refractivity contribution in [3.8, 4) is 0 Å². The minimum Gasteiger partial charge on any atom is -0.384 e. The molecular weight excluding hydrogens is 260 g/mol. The summed E-state index contributed by atoms with van der Waals surface area (Å²) in [6, 6.07) is 7.58. The second-order valence-corrected chi connectivity index (χ2v) is 5.33. The van der Waals surface area contributed by atoms with Crippen molar-refractivity contribution in [3.63, 3.8) is 0 Å². The minimum absolute atomic E-state index is 0.470. The van der Waals surface area contributed by atoms with Gasteiger partial charge in [-0.25, -0.2) is 9.97 Å². The molecule has 98 valence electrons. The molecule has 0 radical (unpaired) electrons. The third-order valence-corrected chi connectivity index (χ3v) is 3.41. The van der Waals surface area contributed by atoms with E-state index >= 15 is 0 Å². The molecule has 3 N–H and O–H groups in total. The van der Waals surface area contributed by atoms with Crippen LogP contribution in [0.1, 0.15) is 30.1 Å². The highest BCUT2D eigenvalue weighted by molar-refractivity contribution is 6.33. The molecule has 2 aromatic rings. The standard InChI is InChI=1S/C14H15ClN4/c1-8-2-5-11(10(15)6-8)17-13-7-12(16)18-14(19-13)9-3-4-9/h2,5-7,9H,3-4H2,1H3,(H3,16,17,18,19). The Morgan fingerprint density at radius 1 is 1.26 bits per heavy atom. The second kappa shape index (κ2) is 4.70. The molecule has 0 unspecified atom stereocenters. The maximum atomic E-state index is 6.20. The van der Waals surface area contributed by atoms with Crippen molar-refractivity contribution in [2.75, 3.05) is 11.1 Å². The molecule has 3 rings (SSSR count). The number of benzene rings is 1. The van der Waals surface area contributed by atoms with Crippen LogP contribution in [0.5, 0.6) is 0 Å². The van der Waals surface area contributed by atoms with E-state index in [4.69, 9.17) is 17.3 Å². The van der Waals surface area contributed by atoms with Gasteiger partial charge < -0.3 is 11.1 Å². The quantitative estimate of drug-likeness (QED) is 0.897. The topological polar surface area (TPSA) is 63.8 Å². The van der Waals surface area contributed by atoms with Gasteiger partial charge in [0.15, 0.2) is 0 Å². The van der Waals surface area contributed by atoms with Gasteiger partial charge in [0.2, 0.25) is 0 Å². The zero-order valence-electron chi connectivity index (χ0n) is 10.7. The number of rotatable bonds is 3. The maximum Gasteiger partial charge on any atom is 0.136 e. The Balaban J connectivity index is 1.89. The van der Waals surface area contributed by atoms with Crippen molar-refractivity contribution >= 4 is 28.9 Å². The first-order valence-electron chi connectivity index (χ1n) is 6.29. The molecule has 0 amide bonds. The van der Waals surface area contributed by atoms with Gasteiger partial charge >= 0.3 is 0 Å². The van der Waals surface area contributed by atoms with Gasteiger partial charge in [-0.2, -0.15) is 0 Å². The maximum absolute atomic E-state index is 6.20. The minimum atomic E-state index is 0.470. The number of aryl methyl sites for hydroxylation is 1. The predicted octanol–water partition coefficient (Wildman–Crippen LogP) is 3.64. The lowest BCUT2D eigenvalue weighted by molar-refractivity contribution is 0.936. The number of aromatic nitrogens is 2. The van der Waals surface area contributed by atoms with E-state index in [0.717, 1.165) is 29.9 Å². The Labute approximate surface area is 117 Å². The van der Waals surface area contributed by atoms with Gasteiger partial charge in [-0.3, -0.25) is 0 Å². The monoisotopic (exact) mass is 274 g/mol. The van der Waals surface area contributed by atoms with Crippen LogP contribution in [0.3, 0.4) is 0 Å². The molecule has 4 nitrogen and oxygen atoms in total.